The van der Waals surface area contributed by atoms with Crippen LogP contribution in [-0.4, -0.2) is 23.2 Å². The predicted molar refractivity (Wildman–Crippen MR) is 88.7 cm³/mol. The van der Waals surface area contributed by atoms with Crippen LogP contribution in [0, 0.1) is 5.92 Å². The maximum atomic E-state index is 12.1. The Labute approximate surface area is 145 Å². The van der Waals surface area contributed by atoms with Gasteiger partial charge in [0.1, 0.15) is 12.4 Å². The summed E-state index contributed by atoms with van der Waals surface area (Å²) in [4.78, 5) is 16.1. The van der Waals surface area contributed by atoms with Crippen molar-refractivity contribution in [1.82, 2.24) is 4.98 Å². The van der Waals surface area contributed by atoms with Gasteiger partial charge >= 0.3 is 5.97 Å². The van der Waals surface area contributed by atoms with Crippen molar-refractivity contribution in [3.63, 3.8) is 0 Å². The highest BCUT2D eigenvalue weighted by Gasteiger charge is 2.48. The zero-order valence-electron chi connectivity index (χ0n) is 13.2. The van der Waals surface area contributed by atoms with Crippen LogP contribution in [0.3, 0.4) is 0 Å². The molecule has 0 aliphatic heterocycles. The first-order chi connectivity index (χ1) is 11.5. The first-order valence-electron chi connectivity index (χ1n) is 7.63. The summed E-state index contributed by atoms with van der Waals surface area (Å²) in [5.74, 6) is -0.0143. The van der Waals surface area contributed by atoms with Crippen LogP contribution >= 0.6 is 11.6 Å². The number of aliphatic hydroxyl groups is 1. The quantitative estimate of drug-likeness (QED) is 0.842. The van der Waals surface area contributed by atoms with Crippen LogP contribution in [0.2, 0.25) is 5.02 Å². The molecule has 5 nitrogen and oxygen atoms in total. The van der Waals surface area contributed by atoms with Crippen LogP contribution in [0.25, 0.3) is 0 Å². The minimum atomic E-state index is -1.01. The number of hydrogen-bond donors (Lipinski definition) is 1. The molecule has 0 unspecified atom stereocenters. The fourth-order valence-corrected chi connectivity index (χ4v) is 3.05. The number of methoxy groups -OCH3 is 1. The smallest absolute Gasteiger partial charge is 0.309 e. The molecule has 6 heteroatoms. The van der Waals surface area contributed by atoms with Gasteiger partial charge in [0.25, 0.3) is 0 Å². The number of ether oxygens (including phenoxy) is 2. The number of halogens is 1. The largest absolute Gasteiger partial charge is 0.495 e. The highest BCUT2D eigenvalue weighted by molar-refractivity contribution is 6.30. The number of pyridine rings is 1. The molecule has 0 saturated heterocycles. The fourth-order valence-electron chi connectivity index (χ4n) is 2.86. The molecule has 1 aliphatic rings. The average molecular weight is 348 g/mol. The lowest BCUT2D eigenvalue weighted by Crippen LogP contribution is -2.45. The van der Waals surface area contributed by atoms with Crippen molar-refractivity contribution in [2.24, 2.45) is 5.92 Å². The molecule has 0 spiro atoms. The molecule has 1 aliphatic carbocycles. The molecular formula is C18H18ClNO4. The summed E-state index contributed by atoms with van der Waals surface area (Å²) < 4.78 is 10.4. The molecule has 1 heterocycles. The van der Waals surface area contributed by atoms with Crippen molar-refractivity contribution < 1.29 is 19.4 Å². The summed E-state index contributed by atoms with van der Waals surface area (Å²) in [7, 11) is 1.55. The fraction of sp³-hybridized carbons (Fsp3) is 0.333. The third kappa shape index (κ3) is 3.52. The number of carbonyl (C=O) groups excluding carboxylic acids is 1. The standard InChI is InChI=1S/C18H18ClNO4/c1-23-16-5-12(9-20-10-16)11-24-17(21)13-7-18(22,8-13)14-3-2-4-15(19)6-14/h2-6,9-10,13,22H,7-8,11H2,1H3. The summed E-state index contributed by atoms with van der Waals surface area (Å²) in [5.41, 5.74) is 0.481. The van der Waals surface area contributed by atoms with Gasteiger partial charge < -0.3 is 14.6 Å². The van der Waals surface area contributed by atoms with E-state index in [-0.39, 0.29) is 18.5 Å². The van der Waals surface area contributed by atoms with Crippen LogP contribution in [-0.2, 0) is 21.7 Å². The highest BCUT2D eigenvalue weighted by atomic mass is 35.5. The van der Waals surface area contributed by atoms with E-state index < -0.39 is 5.60 Å². The number of hydrogen-bond acceptors (Lipinski definition) is 5. The molecule has 0 atom stereocenters. The normalized spacial score (nSPS) is 22.5. The van der Waals surface area contributed by atoms with Crippen molar-refractivity contribution in [3.05, 3.63) is 58.9 Å². The second-order valence-corrected chi connectivity index (χ2v) is 6.42. The van der Waals surface area contributed by atoms with Crippen molar-refractivity contribution >= 4 is 17.6 Å². The Bertz CT molecular complexity index is 743. The molecule has 126 valence electrons. The number of nitrogens with zero attached hydrogens (tertiary/aromatic N) is 1. The Kier molecular flexibility index (Phi) is 4.73. The summed E-state index contributed by atoms with van der Waals surface area (Å²) in [5, 5.41) is 11.2. The van der Waals surface area contributed by atoms with Crippen LogP contribution in [0.4, 0.5) is 0 Å². The second kappa shape index (κ2) is 6.79. The maximum absolute atomic E-state index is 12.1. The molecule has 1 aromatic carbocycles. The zero-order valence-corrected chi connectivity index (χ0v) is 14.0. The van der Waals surface area contributed by atoms with Gasteiger partial charge in [0.15, 0.2) is 0 Å². The number of carbonyl (C=O) groups is 1. The molecule has 2 aromatic rings. The van der Waals surface area contributed by atoms with Gasteiger partial charge in [0.05, 0.1) is 24.8 Å². The van der Waals surface area contributed by atoms with Crippen LogP contribution in [0.15, 0.2) is 42.7 Å². The molecule has 1 aromatic heterocycles. The molecular weight excluding hydrogens is 330 g/mol. The molecule has 1 N–H and O–H groups in total. The number of aromatic nitrogens is 1. The third-order valence-corrected chi connectivity index (χ3v) is 4.49. The minimum Gasteiger partial charge on any atom is -0.495 e. The van der Waals surface area contributed by atoms with Gasteiger partial charge in [-0.1, -0.05) is 23.7 Å². The topological polar surface area (TPSA) is 68.7 Å². The van der Waals surface area contributed by atoms with E-state index in [9.17, 15) is 9.90 Å². The maximum Gasteiger partial charge on any atom is 0.309 e. The number of esters is 1. The highest BCUT2D eigenvalue weighted by Crippen LogP contribution is 2.46. The third-order valence-electron chi connectivity index (χ3n) is 4.25. The van der Waals surface area contributed by atoms with Gasteiger partial charge in [0.2, 0.25) is 0 Å². The Morgan fingerprint density at radius 1 is 1.38 bits per heavy atom. The van der Waals surface area contributed by atoms with E-state index in [4.69, 9.17) is 21.1 Å². The Balaban J connectivity index is 1.54. The van der Waals surface area contributed by atoms with Gasteiger partial charge in [-0.25, -0.2) is 0 Å². The van der Waals surface area contributed by atoms with Gasteiger partial charge in [-0.05, 0) is 36.6 Å². The molecule has 1 saturated carbocycles. The van der Waals surface area contributed by atoms with E-state index in [0.717, 1.165) is 11.1 Å². The first kappa shape index (κ1) is 16.7. The Morgan fingerprint density at radius 2 is 2.17 bits per heavy atom. The van der Waals surface area contributed by atoms with Gasteiger partial charge in [0, 0.05) is 16.8 Å². The lowest BCUT2D eigenvalue weighted by molar-refractivity contribution is -0.167. The molecule has 24 heavy (non-hydrogen) atoms. The molecule has 1 fully saturated rings. The number of rotatable bonds is 5. The molecule has 0 bridgehead atoms. The summed E-state index contributed by atoms with van der Waals surface area (Å²) in [6.45, 7) is 0.134. The molecule has 0 amide bonds. The Morgan fingerprint density at radius 3 is 2.88 bits per heavy atom. The monoisotopic (exact) mass is 347 g/mol. The molecule has 0 radical (unpaired) electrons. The average Bonchev–Trinajstić information content (AvgIpc) is 2.57. The zero-order chi connectivity index (χ0) is 17.2. The van der Waals surface area contributed by atoms with Crippen molar-refractivity contribution in [3.8, 4) is 5.75 Å². The van der Waals surface area contributed by atoms with E-state index in [0.29, 0.717) is 23.6 Å². The van der Waals surface area contributed by atoms with Crippen molar-refractivity contribution in [1.29, 1.82) is 0 Å². The van der Waals surface area contributed by atoms with E-state index in [2.05, 4.69) is 4.98 Å². The van der Waals surface area contributed by atoms with Crippen LogP contribution < -0.4 is 4.74 Å². The SMILES string of the molecule is COc1cncc(COC(=O)C2CC(O)(c3cccc(Cl)c3)C2)c1. The van der Waals surface area contributed by atoms with Gasteiger partial charge in [-0.15, -0.1) is 0 Å². The van der Waals surface area contributed by atoms with Crippen molar-refractivity contribution in [2.45, 2.75) is 25.0 Å². The van der Waals surface area contributed by atoms with E-state index >= 15 is 0 Å². The lowest BCUT2D eigenvalue weighted by Gasteiger charge is -2.42. The molecule has 3 rings (SSSR count). The predicted octanol–water partition coefficient (Wildman–Crippen LogP) is 3.08. The van der Waals surface area contributed by atoms with Crippen LogP contribution in [0.5, 0.6) is 5.75 Å². The lowest BCUT2D eigenvalue weighted by atomic mass is 9.67. The minimum absolute atomic E-state index is 0.134. The van der Waals surface area contributed by atoms with Gasteiger partial charge in [-0.2, -0.15) is 0 Å². The summed E-state index contributed by atoms with van der Waals surface area (Å²) >= 11 is 5.95. The summed E-state index contributed by atoms with van der Waals surface area (Å²) in [6.07, 6.45) is 3.88. The van der Waals surface area contributed by atoms with Gasteiger partial charge in [-0.3, -0.25) is 9.78 Å². The first-order valence-corrected chi connectivity index (χ1v) is 8.01. The van der Waals surface area contributed by atoms with Crippen LogP contribution in [0.1, 0.15) is 24.0 Å². The van der Waals surface area contributed by atoms with E-state index in [1.807, 2.05) is 6.07 Å². The second-order valence-electron chi connectivity index (χ2n) is 5.99. The Hall–Kier alpha value is -2.11. The summed E-state index contributed by atoms with van der Waals surface area (Å²) in [6, 6.07) is 8.85. The van der Waals surface area contributed by atoms with Crippen molar-refractivity contribution in [2.75, 3.05) is 7.11 Å². The number of benzene rings is 1. The van der Waals surface area contributed by atoms with E-state index in [1.165, 1.54) is 0 Å². The van der Waals surface area contributed by atoms with E-state index in [1.54, 1.807) is 43.8 Å².